The molecule has 1 saturated carbocycles. The van der Waals surface area contributed by atoms with E-state index < -0.39 is 5.60 Å². The summed E-state index contributed by atoms with van der Waals surface area (Å²) in [6.07, 6.45) is 3.71. The van der Waals surface area contributed by atoms with Crippen LogP contribution in [0.2, 0.25) is 0 Å². The normalized spacial score (nSPS) is 28.0. The van der Waals surface area contributed by atoms with Crippen molar-refractivity contribution in [2.45, 2.75) is 70.9 Å². The number of aryl methyl sites for hydroxylation is 1. The van der Waals surface area contributed by atoms with Crippen molar-refractivity contribution in [3.05, 3.63) is 11.7 Å². The summed E-state index contributed by atoms with van der Waals surface area (Å²) in [6, 6.07) is 0.116. The van der Waals surface area contributed by atoms with Gasteiger partial charge in [-0.1, -0.05) is 12.1 Å². The molecule has 0 aromatic carbocycles. The minimum atomic E-state index is -0.469. The van der Waals surface area contributed by atoms with Crippen LogP contribution in [0.5, 0.6) is 0 Å². The van der Waals surface area contributed by atoms with Crippen LogP contribution in [0.25, 0.3) is 0 Å². The Morgan fingerprint density at radius 1 is 1.41 bits per heavy atom. The molecule has 1 amide bonds. The maximum Gasteiger partial charge on any atom is 0.410 e. The first-order valence-electron chi connectivity index (χ1n) is 8.19. The van der Waals surface area contributed by atoms with E-state index in [-0.39, 0.29) is 18.1 Å². The first kappa shape index (κ1) is 15.3. The summed E-state index contributed by atoms with van der Waals surface area (Å²) in [5.74, 6) is 2.06. The predicted molar refractivity (Wildman–Crippen MR) is 80.5 cm³/mol. The van der Waals surface area contributed by atoms with E-state index in [0.717, 1.165) is 38.1 Å². The molecule has 3 unspecified atom stereocenters. The number of hydrogen-bond acceptors (Lipinski definition) is 5. The van der Waals surface area contributed by atoms with Gasteiger partial charge in [-0.25, -0.2) is 4.79 Å². The topological polar surface area (TPSA) is 68.5 Å². The third-order valence-electron chi connectivity index (χ3n) is 4.52. The summed E-state index contributed by atoms with van der Waals surface area (Å²) >= 11 is 0. The molecule has 122 valence electrons. The average molecular weight is 307 g/mol. The molecule has 6 nitrogen and oxygen atoms in total. The van der Waals surface area contributed by atoms with Crippen LogP contribution in [0.15, 0.2) is 4.52 Å². The van der Waals surface area contributed by atoms with Gasteiger partial charge in [0.2, 0.25) is 5.89 Å². The minimum absolute atomic E-state index is 0.116. The van der Waals surface area contributed by atoms with Gasteiger partial charge in [0.25, 0.3) is 0 Å². The standard InChI is InChI=1S/C16H25N3O3/c1-5-13-17-14(22-18-13)11-8-10-6-7-12(11)19(9-10)15(20)21-16(2,3)4/h10-12H,5-9H2,1-4H3. The van der Waals surface area contributed by atoms with E-state index in [2.05, 4.69) is 10.1 Å². The molecule has 2 bridgehead atoms. The van der Waals surface area contributed by atoms with Crippen LogP contribution < -0.4 is 0 Å². The van der Waals surface area contributed by atoms with Crippen LogP contribution in [0.4, 0.5) is 4.79 Å². The second kappa shape index (κ2) is 5.56. The molecule has 1 aliphatic carbocycles. The molecule has 3 atom stereocenters. The van der Waals surface area contributed by atoms with Crippen molar-refractivity contribution in [3.63, 3.8) is 0 Å². The third-order valence-corrected chi connectivity index (χ3v) is 4.52. The summed E-state index contributed by atoms with van der Waals surface area (Å²) in [6.45, 7) is 8.49. The zero-order chi connectivity index (χ0) is 15.9. The number of amides is 1. The molecular formula is C16H25N3O3. The smallest absolute Gasteiger partial charge is 0.410 e. The highest BCUT2D eigenvalue weighted by atomic mass is 16.6. The SMILES string of the molecule is CCc1noc(C2CC3CCC2N(C(=O)OC(C)(C)C)C3)n1. The summed E-state index contributed by atoms with van der Waals surface area (Å²) in [7, 11) is 0. The van der Waals surface area contributed by atoms with Gasteiger partial charge in [0.05, 0.1) is 5.92 Å². The molecule has 3 fully saturated rings. The number of nitrogens with zero attached hydrogens (tertiary/aromatic N) is 3. The van der Waals surface area contributed by atoms with Crippen LogP contribution in [-0.4, -0.2) is 39.3 Å². The zero-order valence-electron chi connectivity index (χ0n) is 13.8. The molecule has 2 saturated heterocycles. The van der Waals surface area contributed by atoms with E-state index in [4.69, 9.17) is 9.26 Å². The second-order valence-electron chi connectivity index (χ2n) is 7.39. The number of fused-ring (bicyclic) bond motifs is 3. The Kier molecular flexibility index (Phi) is 3.87. The Balaban J connectivity index is 1.78. The Labute approximate surface area is 131 Å². The van der Waals surface area contributed by atoms with Gasteiger partial charge in [-0.05, 0) is 46.0 Å². The van der Waals surface area contributed by atoms with Crippen molar-refractivity contribution in [1.29, 1.82) is 0 Å². The molecular weight excluding hydrogens is 282 g/mol. The molecule has 3 aliphatic rings. The maximum absolute atomic E-state index is 12.5. The number of carbonyl (C=O) groups excluding carboxylic acids is 1. The monoisotopic (exact) mass is 307 g/mol. The van der Waals surface area contributed by atoms with Crippen molar-refractivity contribution in [2.75, 3.05) is 6.54 Å². The van der Waals surface area contributed by atoms with Gasteiger partial charge in [0.15, 0.2) is 5.82 Å². The number of hydrogen-bond donors (Lipinski definition) is 0. The Morgan fingerprint density at radius 2 is 2.18 bits per heavy atom. The molecule has 3 heterocycles. The molecule has 2 aliphatic heterocycles. The predicted octanol–water partition coefficient (Wildman–Crippen LogP) is 3.14. The second-order valence-corrected chi connectivity index (χ2v) is 7.39. The van der Waals surface area contributed by atoms with Gasteiger partial charge >= 0.3 is 6.09 Å². The molecule has 22 heavy (non-hydrogen) atoms. The highest BCUT2D eigenvalue weighted by Crippen LogP contribution is 2.44. The van der Waals surface area contributed by atoms with E-state index in [1.807, 2.05) is 32.6 Å². The van der Waals surface area contributed by atoms with Crippen LogP contribution in [0.1, 0.15) is 64.6 Å². The Hall–Kier alpha value is -1.59. The van der Waals surface area contributed by atoms with Gasteiger partial charge < -0.3 is 14.2 Å². The molecule has 0 N–H and O–H groups in total. The van der Waals surface area contributed by atoms with E-state index in [9.17, 15) is 4.79 Å². The van der Waals surface area contributed by atoms with Crippen molar-refractivity contribution in [2.24, 2.45) is 5.92 Å². The molecule has 1 aromatic heterocycles. The minimum Gasteiger partial charge on any atom is -0.444 e. The fourth-order valence-corrected chi connectivity index (χ4v) is 3.55. The van der Waals surface area contributed by atoms with Crippen molar-refractivity contribution >= 4 is 6.09 Å². The van der Waals surface area contributed by atoms with E-state index in [1.165, 1.54) is 0 Å². The number of ether oxygens (including phenoxy) is 1. The van der Waals surface area contributed by atoms with Crippen LogP contribution in [0, 0.1) is 5.92 Å². The number of aromatic nitrogens is 2. The first-order valence-corrected chi connectivity index (χ1v) is 8.19. The van der Waals surface area contributed by atoms with Crippen LogP contribution in [0.3, 0.4) is 0 Å². The largest absolute Gasteiger partial charge is 0.444 e. The lowest BCUT2D eigenvalue weighted by Gasteiger charge is -2.48. The zero-order valence-corrected chi connectivity index (χ0v) is 13.8. The van der Waals surface area contributed by atoms with Gasteiger partial charge in [0, 0.05) is 19.0 Å². The average Bonchev–Trinajstić information content (AvgIpc) is 2.94. The van der Waals surface area contributed by atoms with E-state index in [0.29, 0.717) is 11.8 Å². The van der Waals surface area contributed by atoms with Crippen molar-refractivity contribution in [1.82, 2.24) is 15.0 Å². The molecule has 6 heteroatoms. The third kappa shape index (κ3) is 2.96. The van der Waals surface area contributed by atoms with Gasteiger partial charge in [0.1, 0.15) is 5.60 Å². The van der Waals surface area contributed by atoms with Crippen molar-refractivity contribution in [3.8, 4) is 0 Å². The lowest BCUT2D eigenvalue weighted by atomic mass is 9.73. The fraction of sp³-hybridized carbons (Fsp3) is 0.812. The number of rotatable bonds is 2. The quantitative estimate of drug-likeness (QED) is 0.839. The fourth-order valence-electron chi connectivity index (χ4n) is 3.55. The van der Waals surface area contributed by atoms with E-state index in [1.54, 1.807) is 0 Å². The summed E-state index contributed by atoms with van der Waals surface area (Å²) in [5.41, 5.74) is -0.469. The van der Waals surface area contributed by atoms with Gasteiger partial charge in [-0.3, -0.25) is 0 Å². The first-order chi connectivity index (χ1) is 10.4. The molecule has 0 spiro atoms. The maximum atomic E-state index is 12.5. The number of carbonyl (C=O) groups is 1. The van der Waals surface area contributed by atoms with Crippen LogP contribution in [-0.2, 0) is 11.2 Å². The molecule has 4 rings (SSSR count). The highest BCUT2D eigenvalue weighted by molar-refractivity contribution is 5.69. The number of piperidine rings is 2. The molecule has 1 aromatic rings. The van der Waals surface area contributed by atoms with E-state index >= 15 is 0 Å². The highest BCUT2D eigenvalue weighted by Gasteiger charge is 2.46. The summed E-state index contributed by atoms with van der Waals surface area (Å²) in [4.78, 5) is 18.8. The summed E-state index contributed by atoms with van der Waals surface area (Å²) in [5, 5.41) is 4.00. The Bertz CT molecular complexity index is 549. The lowest BCUT2D eigenvalue weighted by molar-refractivity contribution is -0.0226. The van der Waals surface area contributed by atoms with Crippen LogP contribution >= 0.6 is 0 Å². The van der Waals surface area contributed by atoms with Gasteiger partial charge in [-0.15, -0.1) is 0 Å². The lowest BCUT2D eigenvalue weighted by Crippen LogP contribution is -2.55. The Morgan fingerprint density at radius 3 is 2.77 bits per heavy atom. The van der Waals surface area contributed by atoms with Crippen molar-refractivity contribution < 1.29 is 14.1 Å². The van der Waals surface area contributed by atoms with Gasteiger partial charge in [-0.2, -0.15) is 4.98 Å². The summed E-state index contributed by atoms with van der Waals surface area (Å²) < 4.78 is 11.0. The molecule has 0 radical (unpaired) electrons.